The Balaban J connectivity index is 1.43. The van der Waals surface area contributed by atoms with Crippen molar-refractivity contribution in [1.82, 2.24) is 14.9 Å². The van der Waals surface area contributed by atoms with Gasteiger partial charge in [0.15, 0.2) is 34.5 Å². The average Bonchev–Trinajstić information content (AvgIpc) is 3.45. The first-order valence-electron chi connectivity index (χ1n) is 13.7. The Morgan fingerprint density at radius 2 is 1.77 bits per heavy atom. The fourth-order valence-corrected chi connectivity index (χ4v) is 4.99. The lowest BCUT2D eigenvalue weighted by Gasteiger charge is -2.35. The van der Waals surface area contributed by atoms with E-state index in [1.54, 1.807) is 0 Å². The summed E-state index contributed by atoms with van der Waals surface area (Å²) in [4.78, 5) is 38.9. The first kappa shape index (κ1) is 29.6. The van der Waals surface area contributed by atoms with Crippen molar-refractivity contribution in [2.45, 2.75) is 13.3 Å². The minimum Gasteiger partial charge on any atom is -0.494 e. The normalized spacial score (nSPS) is 13.7. The molecular weight excluding hydrogens is 560 g/mol. The van der Waals surface area contributed by atoms with Crippen LogP contribution >= 0.6 is 0 Å². The molecule has 0 atom stereocenters. The number of carbonyl (C=O) groups is 2. The predicted octanol–water partition coefficient (Wildman–Crippen LogP) is 4.61. The maximum atomic E-state index is 14.9. The van der Waals surface area contributed by atoms with Gasteiger partial charge in [0.1, 0.15) is 16.9 Å². The number of nitrogens with zero attached hydrogens (tertiary/aromatic N) is 4. The number of nitrogens with one attached hydrogen (secondary N) is 1. The Kier molecular flexibility index (Phi) is 8.67. The number of hydrogen-bond donors (Lipinski definition) is 1. The summed E-state index contributed by atoms with van der Waals surface area (Å²) in [5.41, 5.74) is 1.91. The van der Waals surface area contributed by atoms with Crippen LogP contribution in [0.2, 0.25) is 0 Å². The van der Waals surface area contributed by atoms with Gasteiger partial charge in [0.2, 0.25) is 11.7 Å². The Morgan fingerprint density at radius 1 is 1.07 bits per heavy atom. The number of fused-ring (bicyclic) bond motifs is 1. The quantitative estimate of drug-likeness (QED) is 0.209. The number of ether oxygens (including phenoxy) is 2. The van der Waals surface area contributed by atoms with Gasteiger partial charge in [0.05, 0.1) is 20.4 Å². The van der Waals surface area contributed by atoms with Crippen molar-refractivity contribution < 1.29 is 32.3 Å². The number of ketones is 1. The van der Waals surface area contributed by atoms with Crippen molar-refractivity contribution in [3.8, 4) is 11.5 Å². The van der Waals surface area contributed by atoms with Crippen molar-refractivity contribution in [3.05, 3.63) is 83.5 Å². The van der Waals surface area contributed by atoms with Crippen LogP contribution in [-0.2, 0) is 11.2 Å². The molecule has 43 heavy (non-hydrogen) atoms. The lowest BCUT2D eigenvalue weighted by atomic mass is 10.1. The standard InChI is InChI=1S/C31H31F2N5O5/c1-5-27(39)36-20-14-19(38-11-9-37(6-2)10-12-38)8-7-18(20)13-26-34-17-25-21(35-26)15-24(43-25)31(40)28-29(32)22(41-3)16-23(42-4)30(28)33/h5,7-8,14-17H,1,6,9-13H2,2-4H3,(H,36,39). The molecule has 2 aromatic heterocycles. The van der Waals surface area contributed by atoms with E-state index in [1.807, 2.05) is 18.2 Å². The maximum Gasteiger partial charge on any atom is 0.247 e. The molecule has 0 spiro atoms. The summed E-state index contributed by atoms with van der Waals surface area (Å²) < 4.78 is 45.3. The van der Waals surface area contributed by atoms with Crippen LogP contribution in [0.4, 0.5) is 20.2 Å². The number of anilines is 2. The van der Waals surface area contributed by atoms with Crippen LogP contribution in [0, 0.1) is 11.6 Å². The zero-order valence-corrected chi connectivity index (χ0v) is 24.1. The maximum absolute atomic E-state index is 14.9. The fourth-order valence-electron chi connectivity index (χ4n) is 4.99. The number of carbonyl (C=O) groups excluding carboxylic acids is 2. The third-order valence-electron chi connectivity index (χ3n) is 7.41. The van der Waals surface area contributed by atoms with Crippen LogP contribution in [0.1, 0.15) is 34.4 Å². The summed E-state index contributed by atoms with van der Waals surface area (Å²) >= 11 is 0. The molecule has 1 amide bonds. The number of halogens is 2. The number of rotatable bonds is 10. The van der Waals surface area contributed by atoms with Gasteiger partial charge >= 0.3 is 0 Å². The van der Waals surface area contributed by atoms with Crippen LogP contribution in [0.25, 0.3) is 11.1 Å². The lowest BCUT2D eigenvalue weighted by molar-refractivity contribution is -0.111. The molecule has 1 saturated heterocycles. The number of hydrogen-bond acceptors (Lipinski definition) is 9. The Hall–Kier alpha value is -4.84. The van der Waals surface area contributed by atoms with Gasteiger partial charge in [-0.3, -0.25) is 9.59 Å². The predicted molar refractivity (Wildman–Crippen MR) is 157 cm³/mol. The van der Waals surface area contributed by atoms with Crippen molar-refractivity contribution in [2.75, 3.05) is 57.2 Å². The molecule has 2 aromatic carbocycles. The van der Waals surface area contributed by atoms with Crippen molar-refractivity contribution in [2.24, 2.45) is 0 Å². The van der Waals surface area contributed by atoms with Crippen molar-refractivity contribution in [3.63, 3.8) is 0 Å². The number of piperazine rings is 1. The summed E-state index contributed by atoms with van der Waals surface area (Å²) in [6.45, 7) is 10.4. The molecular formula is C31H31F2N5O5. The molecule has 0 aliphatic carbocycles. The minimum absolute atomic E-state index is 0.157. The zero-order valence-electron chi connectivity index (χ0n) is 24.1. The van der Waals surface area contributed by atoms with E-state index in [4.69, 9.17) is 13.9 Å². The summed E-state index contributed by atoms with van der Waals surface area (Å²) in [7, 11) is 2.38. The number of furan rings is 1. The van der Waals surface area contributed by atoms with Gasteiger partial charge < -0.3 is 29.0 Å². The monoisotopic (exact) mass is 591 g/mol. The second kappa shape index (κ2) is 12.6. The highest BCUT2D eigenvalue weighted by molar-refractivity contribution is 6.09. The molecule has 1 aliphatic heterocycles. The molecule has 3 heterocycles. The van der Waals surface area contributed by atoms with Crippen LogP contribution in [-0.4, -0.2) is 73.5 Å². The highest BCUT2D eigenvalue weighted by Crippen LogP contribution is 2.34. The SMILES string of the molecule is C=CC(=O)Nc1cc(N2CCN(CC)CC2)ccc1Cc1ncc2oc(C(=O)c3c(F)c(OC)cc(OC)c3F)cc2n1. The highest BCUT2D eigenvalue weighted by atomic mass is 19.1. The van der Waals surface area contributed by atoms with Gasteiger partial charge in [-0.15, -0.1) is 0 Å². The number of benzene rings is 2. The van der Waals surface area contributed by atoms with Crippen LogP contribution < -0.4 is 19.7 Å². The number of likely N-dealkylation sites (N-methyl/N-ethyl adjacent to an activating group) is 1. The van der Waals surface area contributed by atoms with E-state index >= 15 is 0 Å². The largest absolute Gasteiger partial charge is 0.494 e. The smallest absolute Gasteiger partial charge is 0.247 e. The van der Waals surface area contributed by atoms with Crippen molar-refractivity contribution in [1.29, 1.82) is 0 Å². The second-order valence-corrected chi connectivity index (χ2v) is 9.89. The number of methoxy groups -OCH3 is 2. The minimum atomic E-state index is -1.18. The average molecular weight is 592 g/mol. The van der Waals surface area contributed by atoms with Gasteiger partial charge in [-0.25, -0.2) is 18.7 Å². The van der Waals surface area contributed by atoms with Crippen LogP contribution in [0.5, 0.6) is 11.5 Å². The van der Waals surface area contributed by atoms with E-state index in [9.17, 15) is 18.4 Å². The van der Waals surface area contributed by atoms with E-state index in [-0.39, 0.29) is 40.7 Å². The van der Waals surface area contributed by atoms with Gasteiger partial charge in [-0.1, -0.05) is 19.6 Å². The number of aromatic nitrogens is 2. The first-order valence-corrected chi connectivity index (χ1v) is 13.7. The Bertz CT molecular complexity index is 1670. The third kappa shape index (κ3) is 6.05. The molecule has 10 nitrogen and oxygen atoms in total. The Morgan fingerprint density at radius 3 is 2.40 bits per heavy atom. The summed E-state index contributed by atoms with van der Waals surface area (Å²) in [5, 5.41) is 2.88. The van der Waals surface area contributed by atoms with Gasteiger partial charge in [0.25, 0.3) is 0 Å². The van der Waals surface area contributed by atoms with Gasteiger partial charge in [-0.05, 0) is 30.3 Å². The Labute approximate surface area is 246 Å². The van der Waals surface area contributed by atoms with Crippen LogP contribution in [0.15, 0.2) is 53.6 Å². The van der Waals surface area contributed by atoms with Crippen molar-refractivity contribution >= 4 is 34.2 Å². The molecule has 0 unspecified atom stereocenters. The molecule has 0 radical (unpaired) electrons. The summed E-state index contributed by atoms with van der Waals surface area (Å²) in [6.07, 6.45) is 2.83. The molecule has 12 heteroatoms. The van der Waals surface area contributed by atoms with Gasteiger partial charge in [0, 0.05) is 56.1 Å². The van der Waals surface area contributed by atoms with Crippen LogP contribution in [0.3, 0.4) is 0 Å². The fraction of sp³-hybridized carbons (Fsp3) is 0.290. The molecule has 1 N–H and O–H groups in total. The lowest BCUT2D eigenvalue weighted by Crippen LogP contribution is -2.46. The topological polar surface area (TPSA) is 110 Å². The summed E-state index contributed by atoms with van der Waals surface area (Å²) in [6, 6.07) is 8.16. The molecule has 4 aromatic rings. The summed E-state index contributed by atoms with van der Waals surface area (Å²) in [5.74, 6) is -4.41. The van der Waals surface area contributed by atoms with E-state index in [0.717, 1.165) is 50.0 Å². The first-order chi connectivity index (χ1) is 20.8. The molecule has 5 rings (SSSR count). The zero-order chi connectivity index (χ0) is 30.7. The van der Waals surface area contributed by atoms with Gasteiger partial charge in [-0.2, -0.15) is 0 Å². The van der Waals surface area contributed by atoms with E-state index < -0.39 is 23.0 Å². The molecule has 1 fully saturated rings. The van der Waals surface area contributed by atoms with E-state index in [0.29, 0.717) is 11.5 Å². The van der Waals surface area contributed by atoms with E-state index in [1.165, 1.54) is 32.6 Å². The van der Waals surface area contributed by atoms with E-state index in [2.05, 4.69) is 38.6 Å². The molecule has 0 bridgehead atoms. The third-order valence-corrected chi connectivity index (χ3v) is 7.41. The molecule has 0 saturated carbocycles. The molecule has 1 aliphatic rings. The molecule has 224 valence electrons. The highest BCUT2D eigenvalue weighted by Gasteiger charge is 2.29. The number of amides is 1. The second-order valence-electron chi connectivity index (χ2n) is 9.89.